The van der Waals surface area contributed by atoms with Crippen molar-refractivity contribution in [3.8, 4) is 0 Å². The Balaban J connectivity index is 1.54. The predicted molar refractivity (Wildman–Crippen MR) is 157 cm³/mol. The molecule has 4 rings (SSSR count). The van der Waals surface area contributed by atoms with Crippen LogP contribution in [0.15, 0.2) is 60.7 Å². The summed E-state index contributed by atoms with van der Waals surface area (Å²) in [6, 6.07) is 18.7. The summed E-state index contributed by atoms with van der Waals surface area (Å²) in [7, 11) is 1.55. The Morgan fingerprint density at radius 3 is 2.28 bits per heavy atom. The second-order valence-corrected chi connectivity index (χ2v) is 14.0. The van der Waals surface area contributed by atoms with Crippen molar-refractivity contribution in [2.75, 3.05) is 20.2 Å². The number of imide groups is 1. The third-order valence-electron chi connectivity index (χ3n) is 8.12. The van der Waals surface area contributed by atoms with Gasteiger partial charge in [0.05, 0.1) is 40.6 Å². The fourth-order valence-corrected chi connectivity index (χ4v) is 6.08. The Labute approximate surface area is 244 Å². The van der Waals surface area contributed by atoms with Gasteiger partial charge in [0.15, 0.2) is 11.6 Å². The van der Waals surface area contributed by atoms with Crippen molar-refractivity contribution >= 4 is 46.0 Å². The van der Waals surface area contributed by atoms with Gasteiger partial charge in [-0.15, -0.1) is 0 Å². The molecule has 2 aromatic carbocycles. The number of nitrogens with one attached hydrogen (secondary N) is 1. The molecule has 2 aromatic rings. The van der Waals surface area contributed by atoms with Gasteiger partial charge in [0, 0.05) is 13.0 Å². The maximum atomic E-state index is 14.0. The first-order valence-electron chi connectivity index (χ1n) is 13.5. The Kier molecular flexibility index (Phi) is 9.39. The highest BCUT2D eigenvalue weighted by molar-refractivity contribution is 14.1. The quantitative estimate of drug-likeness (QED) is 0.212. The Hall–Kier alpha value is -2.43. The summed E-state index contributed by atoms with van der Waals surface area (Å²) in [6.07, 6.45) is 1.73. The number of Topliss-reactive ketones (excluding diaryl/α,β-unsaturated/α-hetero) is 2. The Morgan fingerprint density at radius 1 is 1.05 bits per heavy atom. The van der Waals surface area contributed by atoms with Gasteiger partial charge < -0.3 is 4.74 Å². The zero-order valence-electron chi connectivity index (χ0n) is 22.8. The van der Waals surface area contributed by atoms with Crippen LogP contribution in [-0.4, -0.2) is 57.9 Å². The normalized spacial score (nSPS) is 23.9. The maximum Gasteiger partial charge on any atom is 0.236 e. The number of carbonyl (C=O) groups excluding carboxylic acids is 4. The molecule has 39 heavy (non-hydrogen) atoms. The van der Waals surface area contributed by atoms with E-state index >= 15 is 0 Å². The highest BCUT2D eigenvalue weighted by Crippen LogP contribution is 2.52. The number of hydrogen-bond acceptors (Lipinski definition) is 6. The van der Waals surface area contributed by atoms with Crippen LogP contribution >= 0.6 is 22.6 Å². The van der Waals surface area contributed by atoms with Gasteiger partial charge in [-0.05, 0) is 50.7 Å². The third kappa shape index (κ3) is 6.66. The summed E-state index contributed by atoms with van der Waals surface area (Å²) < 4.78 is 5.38. The Morgan fingerprint density at radius 2 is 1.67 bits per heavy atom. The van der Waals surface area contributed by atoms with Crippen molar-refractivity contribution in [2.45, 2.75) is 55.6 Å². The first kappa shape index (κ1) is 29.6. The van der Waals surface area contributed by atoms with Gasteiger partial charge in [0.2, 0.25) is 11.8 Å². The van der Waals surface area contributed by atoms with Crippen molar-refractivity contribution < 1.29 is 23.9 Å². The second kappa shape index (κ2) is 12.4. The van der Waals surface area contributed by atoms with Crippen LogP contribution in [0, 0.1) is 17.3 Å². The maximum absolute atomic E-state index is 14.0. The molecular weight excluding hydrogens is 607 g/mol. The lowest BCUT2D eigenvalue weighted by molar-refractivity contribution is -0.141. The molecule has 208 valence electrons. The van der Waals surface area contributed by atoms with E-state index in [4.69, 9.17) is 4.74 Å². The van der Waals surface area contributed by atoms with E-state index in [0.29, 0.717) is 32.3 Å². The van der Waals surface area contributed by atoms with Crippen molar-refractivity contribution in [1.29, 1.82) is 0 Å². The molecule has 1 aliphatic heterocycles. The highest BCUT2D eigenvalue weighted by atomic mass is 127. The van der Waals surface area contributed by atoms with E-state index < -0.39 is 26.7 Å². The van der Waals surface area contributed by atoms with Crippen molar-refractivity contribution in [3.63, 3.8) is 0 Å². The van der Waals surface area contributed by atoms with Crippen LogP contribution in [-0.2, 0) is 36.9 Å². The molecule has 1 heterocycles. The van der Waals surface area contributed by atoms with Crippen LogP contribution in [0.5, 0.6) is 0 Å². The molecule has 1 saturated carbocycles. The number of amides is 2. The molecule has 2 amide bonds. The molecule has 0 radical (unpaired) electrons. The van der Waals surface area contributed by atoms with Gasteiger partial charge >= 0.3 is 0 Å². The SMILES string of the molecule is CN1C(=O)C2CCC(C(=O)[C@@H](COCc3ccccc3)NCC(=O)C(C)(C)I)C[C@@]2(Cc2ccccc2)C1=O. The van der Waals surface area contributed by atoms with Crippen LogP contribution in [0.1, 0.15) is 44.2 Å². The molecule has 0 bridgehead atoms. The standard InChI is InChI=1S/C31H37IN2O5/c1-30(2,32)26(35)18-33-25(20-39-19-22-12-8-5-9-13-22)27(36)23-14-15-24-28(37)34(3)29(38)31(24,17-23)16-21-10-6-4-7-11-21/h4-13,23-25,33H,14-20H2,1-3H3/t23?,24?,25-,31-/m1/s1. The largest absolute Gasteiger partial charge is 0.375 e. The van der Waals surface area contributed by atoms with E-state index in [2.05, 4.69) is 27.9 Å². The van der Waals surface area contributed by atoms with Gasteiger partial charge in [0.25, 0.3) is 0 Å². The molecular formula is C31H37IN2O5. The number of likely N-dealkylation sites (tertiary alicyclic amines) is 1. The molecule has 0 spiro atoms. The van der Waals surface area contributed by atoms with E-state index in [0.717, 1.165) is 11.1 Å². The number of benzene rings is 2. The first-order chi connectivity index (χ1) is 18.5. The molecule has 0 aromatic heterocycles. The predicted octanol–water partition coefficient (Wildman–Crippen LogP) is 4.16. The Bertz CT molecular complexity index is 1200. The minimum Gasteiger partial charge on any atom is -0.375 e. The fraction of sp³-hybridized carbons (Fsp3) is 0.484. The molecule has 8 heteroatoms. The molecule has 7 nitrogen and oxygen atoms in total. The van der Waals surface area contributed by atoms with Crippen LogP contribution in [0.4, 0.5) is 0 Å². The summed E-state index contributed by atoms with van der Waals surface area (Å²) in [4.78, 5) is 54.5. The van der Waals surface area contributed by atoms with Crippen LogP contribution in [0.2, 0.25) is 0 Å². The molecule has 1 saturated heterocycles. The topological polar surface area (TPSA) is 92.8 Å². The van der Waals surface area contributed by atoms with Gasteiger partial charge in [-0.2, -0.15) is 0 Å². The lowest BCUT2D eigenvalue weighted by Gasteiger charge is -2.40. The summed E-state index contributed by atoms with van der Waals surface area (Å²) in [5, 5.41) is 3.17. The number of carbonyl (C=O) groups is 4. The summed E-state index contributed by atoms with van der Waals surface area (Å²) in [6.45, 7) is 4.19. The van der Waals surface area contributed by atoms with Gasteiger partial charge in [-0.3, -0.25) is 29.4 Å². The summed E-state index contributed by atoms with van der Waals surface area (Å²) in [5.41, 5.74) is 1.03. The fourth-order valence-electron chi connectivity index (χ4n) is 5.89. The van der Waals surface area contributed by atoms with Crippen molar-refractivity contribution in [3.05, 3.63) is 71.8 Å². The molecule has 1 N–H and O–H groups in total. The minimum atomic E-state index is -0.943. The number of ether oxygens (including phenoxy) is 1. The summed E-state index contributed by atoms with van der Waals surface area (Å²) >= 11 is 2.10. The van der Waals surface area contributed by atoms with Gasteiger partial charge in [-0.25, -0.2) is 0 Å². The van der Waals surface area contributed by atoms with E-state index in [1.54, 1.807) is 7.05 Å². The molecule has 1 aliphatic carbocycles. The second-order valence-electron chi connectivity index (χ2n) is 11.3. The highest BCUT2D eigenvalue weighted by Gasteiger charge is 2.60. The number of nitrogens with zero attached hydrogens (tertiary/aromatic N) is 1. The number of rotatable bonds is 12. The zero-order valence-corrected chi connectivity index (χ0v) is 25.0. The molecule has 2 aliphatic rings. The smallest absolute Gasteiger partial charge is 0.236 e. The van der Waals surface area contributed by atoms with Crippen molar-refractivity contribution in [1.82, 2.24) is 10.2 Å². The average molecular weight is 645 g/mol. The number of alkyl halides is 1. The number of hydrogen-bond donors (Lipinski definition) is 1. The monoisotopic (exact) mass is 644 g/mol. The van der Waals surface area contributed by atoms with Gasteiger partial charge in [-0.1, -0.05) is 83.3 Å². The van der Waals surface area contributed by atoms with Crippen LogP contribution < -0.4 is 5.32 Å². The number of halogens is 1. The van der Waals surface area contributed by atoms with E-state index in [9.17, 15) is 19.2 Å². The number of fused-ring (bicyclic) bond motifs is 1. The van der Waals surface area contributed by atoms with Gasteiger partial charge in [0.1, 0.15) is 0 Å². The summed E-state index contributed by atoms with van der Waals surface area (Å²) in [5.74, 6) is -1.28. The van der Waals surface area contributed by atoms with E-state index in [1.807, 2.05) is 74.5 Å². The lowest BCUT2D eigenvalue weighted by atomic mass is 9.60. The molecule has 2 fully saturated rings. The lowest BCUT2D eigenvalue weighted by Crippen LogP contribution is -2.51. The zero-order chi connectivity index (χ0) is 28.2. The van der Waals surface area contributed by atoms with E-state index in [1.165, 1.54) is 4.90 Å². The minimum absolute atomic E-state index is 0.00796. The van der Waals surface area contributed by atoms with E-state index in [-0.39, 0.29) is 36.5 Å². The first-order valence-corrected chi connectivity index (χ1v) is 14.6. The average Bonchev–Trinajstić information content (AvgIpc) is 3.10. The molecule has 4 atom stereocenters. The molecule has 2 unspecified atom stereocenters. The number of ketones is 2. The van der Waals surface area contributed by atoms with Crippen LogP contribution in [0.3, 0.4) is 0 Å². The third-order valence-corrected chi connectivity index (χ3v) is 8.72. The van der Waals surface area contributed by atoms with Crippen molar-refractivity contribution in [2.24, 2.45) is 17.3 Å². The van der Waals surface area contributed by atoms with Crippen LogP contribution in [0.25, 0.3) is 0 Å².